The first kappa shape index (κ1) is 15.0. The summed E-state index contributed by atoms with van der Waals surface area (Å²) < 4.78 is 6.73. The molecule has 0 saturated carbocycles. The van der Waals surface area contributed by atoms with Crippen LogP contribution in [-0.2, 0) is 4.79 Å². The van der Waals surface area contributed by atoms with Gasteiger partial charge in [-0.15, -0.1) is 0 Å². The van der Waals surface area contributed by atoms with Crippen molar-refractivity contribution in [3.63, 3.8) is 0 Å². The topological polar surface area (TPSA) is 38.3 Å². The molecule has 4 heteroatoms. The second-order valence-corrected chi connectivity index (χ2v) is 5.30. The molecule has 0 aliphatic rings. The Morgan fingerprint density at radius 1 is 1.44 bits per heavy atom. The molecule has 0 aliphatic heterocycles. The van der Waals surface area contributed by atoms with Crippen molar-refractivity contribution >= 4 is 21.8 Å². The highest BCUT2D eigenvalue weighted by atomic mass is 79.9. The zero-order valence-corrected chi connectivity index (χ0v) is 12.7. The number of hydrogen-bond donors (Lipinski definition) is 1. The fourth-order valence-corrected chi connectivity index (χ4v) is 2.02. The number of rotatable bonds is 6. The molecular weight excluding hydrogens is 294 g/mol. The quantitative estimate of drug-likeness (QED) is 0.873. The maximum Gasteiger partial charge on any atom is 0.223 e. The standard InChI is InChI=1S/C14H20BrNO2/c1-4-16-14(17)7-8-18-13-6-5-11(15)9-12(13)10(2)3/h5-6,9-10H,4,7-8H2,1-3H3,(H,16,17). The van der Waals surface area contributed by atoms with Crippen LogP contribution in [0.3, 0.4) is 0 Å². The van der Waals surface area contributed by atoms with Gasteiger partial charge in [-0.1, -0.05) is 29.8 Å². The van der Waals surface area contributed by atoms with Gasteiger partial charge < -0.3 is 10.1 Å². The Kier molecular flexibility index (Phi) is 6.19. The third kappa shape index (κ3) is 4.69. The Morgan fingerprint density at radius 3 is 2.78 bits per heavy atom. The molecule has 18 heavy (non-hydrogen) atoms. The molecular formula is C14H20BrNO2. The molecule has 0 fully saturated rings. The van der Waals surface area contributed by atoms with E-state index >= 15 is 0 Å². The van der Waals surface area contributed by atoms with E-state index in [2.05, 4.69) is 41.2 Å². The van der Waals surface area contributed by atoms with Crippen molar-refractivity contribution in [1.29, 1.82) is 0 Å². The number of amides is 1. The fraction of sp³-hybridized carbons (Fsp3) is 0.500. The minimum absolute atomic E-state index is 0.0284. The molecule has 0 unspecified atom stereocenters. The van der Waals surface area contributed by atoms with E-state index in [1.807, 2.05) is 19.1 Å². The van der Waals surface area contributed by atoms with Crippen LogP contribution >= 0.6 is 15.9 Å². The third-order valence-electron chi connectivity index (χ3n) is 2.55. The van der Waals surface area contributed by atoms with E-state index in [0.717, 1.165) is 15.8 Å². The average molecular weight is 314 g/mol. The van der Waals surface area contributed by atoms with Crippen molar-refractivity contribution in [2.45, 2.75) is 33.1 Å². The van der Waals surface area contributed by atoms with Crippen molar-refractivity contribution in [2.75, 3.05) is 13.2 Å². The van der Waals surface area contributed by atoms with Crippen LogP contribution in [0.15, 0.2) is 22.7 Å². The first-order chi connectivity index (χ1) is 8.54. The van der Waals surface area contributed by atoms with Gasteiger partial charge in [-0.3, -0.25) is 4.79 Å². The summed E-state index contributed by atoms with van der Waals surface area (Å²) in [6, 6.07) is 5.95. The highest BCUT2D eigenvalue weighted by molar-refractivity contribution is 9.10. The minimum Gasteiger partial charge on any atom is -0.493 e. The number of nitrogens with one attached hydrogen (secondary N) is 1. The summed E-state index contributed by atoms with van der Waals surface area (Å²) in [4.78, 5) is 11.3. The predicted molar refractivity (Wildman–Crippen MR) is 77.0 cm³/mol. The van der Waals surface area contributed by atoms with Gasteiger partial charge in [-0.25, -0.2) is 0 Å². The number of benzene rings is 1. The van der Waals surface area contributed by atoms with Gasteiger partial charge in [-0.2, -0.15) is 0 Å². The van der Waals surface area contributed by atoms with Gasteiger partial charge in [0.15, 0.2) is 0 Å². The number of carbonyl (C=O) groups is 1. The smallest absolute Gasteiger partial charge is 0.223 e. The first-order valence-electron chi connectivity index (χ1n) is 6.23. The largest absolute Gasteiger partial charge is 0.493 e. The molecule has 0 bridgehead atoms. The van der Waals surface area contributed by atoms with Crippen molar-refractivity contribution < 1.29 is 9.53 Å². The maximum atomic E-state index is 11.3. The van der Waals surface area contributed by atoms with Gasteiger partial charge in [-0.05, 0) is 36.6 Å². The van der Waals surface area contributed by atoms with E-state index in [-0.39, 0.29) is 5.91 Å². The van der Waals surface area contributed by atoms with E-state index < -0.39 is 0 Å². The Bertz CT molecular complexity index is 405. The molecule has 0 spiro atoms. The number of hydrogen-bond acceptors (Lipinski definition) is 2. The van der Waals surface area contributed by atoms with E-state index in [9.17, 15) is 4.79 Å². The van der Waals surface area contributed by atoms with Gasteiger partial charge in [0, 0.05) is 11.0 Å². The van der Waals surface area contributed by atoms with Crippen LogP contribution in [0.5, 0.6) is 5.75 Å². The van der Waals surface area contributed by atoms with Gasteiger partial charge in [0.05, 0.1) is 13.0 Å². The Labute approximate surface area is 117 Å². The van der Waals surface area contributed by atoms with Crippen molar-refractivity contribution in [2.24, 2.45) is 0 Å². The van der Waals surface area contributed by atoms with Gasteiger partial charge in [0.2, 0.25) is 5.91 Å². The Hall–Kier alpha value is -1.03. The molecule has 1 rings (SSSR count). The molecule has 0 aliphatic carbocycles. The molecule has 0 radical (unpaired) electrons. The number of carbonyl (C=O) groups excluding carboxylic acids is 1. The predicted octanol–water partition coefficient (Wildman–Crippen LogP) is 3.48. The molecule has 1 N–H and O–H groups in total. The minimum atomic E-state index is 0.0284. The number of halogens is 1. The normalized spacial score (nSPS) is 10.5. The molecule has 3 nitrogen and oxygen atoms in total. The second kappa shape index (κ2) is 7.41. The first-order valence-corrected chi connectivity index (χ1v) is 7.02. The lowest BCUT2D eigenvalue weighted by Gasteiger charge is -2.14. The third-order valence-corrected chi connectivity index (χ3v) is 3.05. The van der Waals surface area contributed by atoms with Crippen molar-refractivity contribution in [1.82, 2.24) is 5.32 Å². The lowest BCUT2D eigenvalue weighted by molar-refractivity contribution is -0.121. The monoisotopic (exact) mass is 313 g/mol. The SMILES string of the molecule is CCNC(=O)CCOc1ccc(Br)cc1C(C)C. The Morgan fingerprint density at radius 2 is 2.17 bits per heavy atom. The summed E-state index contributed by atoms with van der Waals surface area (Å²) in [7, 11) is 0. The summed E-state index contributed by atoms with van der Waals surface area (Å²) in [6.07, 6.45) is 0.390. The van der Waals surface area contributed by atoms with Crippen LogP contribution in [-0.4, -0.2) is 19.1 Å². The van der Waals surface area contributed by atoms with Gasteiger partial charge in [0.25, 0.3) is 0 Å². The van der Waals surface area contributed by atoms with Gasteiger partial charge >= 0.3 is 0 Å². The van der Waals surface area contributed by atoms with Crippen LogP contribution in [0.4, 0.5) is 0 Å². The summed E-state index contributed by atoms with van der Waals surface area (Å²) in [5, 5.41) is 2.75. The van der Waals surface area contributed by atoms with Crippen molar-refractivity contribution in [3.05, 3.63) is 28.2 Å². The molecule has 0 saturated heterocycles. The molecule has 0 heterocycles. The highest BCUT2D eigenvalue weighted by Crippen LogP contribution is 2.29. The van der Waals surface area contributed by atoms with E-state index in [0.29, 0.717) is 25.5 Å². The van der Waals surface area contributed by atoms with E-state index in [1.54, 1.807) is 0 Å². The molecule has 0 atom stereocenters. The van der Waals surface area contributed by atoms with E-state index in [4.69, 9.17) is 4.74 Å². The van der Waals surface area contributed by atoms with Crippen LogP contribution in [0.1, 0.15) is 38.7 Å². The fourth-order valence-electron chi connectivity index (χ4n) is 1.64. The highest BCUT2D eigenvalue weighted by Gasteiger charge is 2.09. The lowest BCUT2D eigenvalue weighted by atomic mass is 10.0. The molecule has 1 amide bonds. The zero-order valence-electron chi connectivity index (χ0n) is 11.1. The average Bonchev–Trinajstić information content (AvgIpc) is 2.31. The maximum absolute atomic E-state index is 11.3. The number of ether oxygens (including phenoxy) is 1. The second-order valence-electron chi connectivity index (χ2n) is 4.39. The summed E-state index contributed by atoms with van der Waals surface area (Å²) in [5.74, 6) is 1.28. The molecule has 1 aromatic carbocycles. The van der Waals surface area contributed by atoms with Crippen LogP contribution in [0, 0.1) is 0 Å². The van der Waals surface area contributed by atoms with Crippen molar-refractivity contribution in [3.8, 4) is 5.75 Å². The lowest BCUT2D eigenvalue weighted by Crippen LogP contribution is -2.24. The van der Waals surface area contributed by atoms with Crippen LogP contribution in [0.2, 0.25) is 0 Å². The summed E-state index contributed by atoms with van der Waals surface area (Å²) in [5.41, 5.74) is 1.15. The summed E-state index contributed by atoms with van der Waals surface area (Å²) in [6.45, 7) is 7.22. The molecule has 100 valence electrons. The summed E-state index contributed by atoms with van der Waals surface area (Å²) >= 11 is 3.46. The van der Waals surface area contributed by atoms with Crippen LogP contribution in [0.25, 0.3) is 0 Å². The van der Waals surface area contributed by atoms with Gasteiger partial charge in [0.1, 0.15) is 5.75 Å². The van der Waals surface area contributed by atoms with Crippen LogP contribution < -0.4 is 10.1 Å². The molecule has 1 aromatic rings. The molecule has 0 aromatic heterocycles. The zero-order chi connectivity index (χ0) is 13.5. The van der Waals surface area contributed by atoms with E-state index in [1.165, 1.54) is 0 Å². The Balaban J connectivity index is 2.59.